The van der Waals surface area contributed by atoms with Crippen LogP contribution in [0.1, 0.15) is 73.1 Å². The molecule has 1 amide bonds. The number of carbonyl (C=O) groups is 1. The lowest BCUT2D eigenvalue weighted by atomic mass is 9.88. The van der Waals surface area contributed by atoms with E-state index in [4.69, 9.17) is 4.52 Å². The molecule has 1 heterocycles. The largest absolute Gasteiger partial charge is 0.340 e. The van der Waals surface area contributed by atoms with Crippen LogP contribution >= 0.6 is 11.8 Å². The van der Waals surface area contributed by atoms with Crippen LogP contribution in [0.5, 0.6) is 0 Å². The lowest BCUT2D eigenvalue weighted by Crippen LogP contribution is -2.46. The monoisotopic (exact) mass is 373 g/mol. The van der Waals surface area contributed by atoms with Crippen LogP contribution in [0.15, 0.2) is 28.8 Å². The first-order chi connectivity index (χ1) is 12.6. The van der Waals surface area contributed by atoms with Crippen LogP contribution in [-0.2, 0) is 11.3 Å². The average molecular weight is 374 g/mol. The second-order valence-electron chi connectivity index (χ2n) is 6.92. The van der Waals surface area contributed by atoms with E-state index in [2.05, 4.69) is 22.4 Å². The zero-order valence-corrected chi connectivity index (χ0v) is 16.4. The number of benzene rings is 1. The second-order valence-corrected chi connectivity index (χ2v) is 8.20. The highest BCUT2D eigenvalue weighted by atomic mass is 32.2. The van der Waals surface area contributed by atoms with Gasteiger partial charge < -0.3 is 9.84 Å². The third-order valence-corrected chi connectivity index (χ3v) is 5.90. The summed E-state index contributed by atoms with van der Waals surface area (Å²) < 4.78 is 5.21. The van der Waals surface area contributed by atoms with Gasteiger partial charge in [-0.05, 0) is 36.3 Å². The Hall–Kier alpha value is -1.82. The summed E-state index contributed by atoms with van der Waals surface area (Å²) in [7, 11) is 0. The average Bonchev–Trinajstić information content (AvgIpc) is 2.96. The number of amides is 1. The molecular weight excluding hydrogens is 346 g/mol. The summed E-state index contributed by atoms with van der Waals surface area (Å²) in [6.07, 6.45) is 6.17. The lowest BCUT2D eigenvalue weighted by Gasteiger charge is -2.30. The molecule has 0 unspecified atom stereocenters. The van der Waals surface area contributed by atoms with E-state index in [-0.39, 0.29) is 5.91 Å². The smallest absolute Gasteiger partial charge is 0.252 e. The maximum absolute atomic E-state index is 12.9. The number of aryl methyl sites for hydroxylation is 1. The van der Waals surface area contributed by atoms with Gasteiger partial charge in [-0.3, -0.25) is 4.79 Å². The molecule has 0 spiro atoms. The van der Waals surface area contributed by atoms with E-state index < -0.39 is 5.54 Å². The Kier molecular flexibility index (Phi) is 6.35. The molecule has 3 rings (SSSR count). The maximum Gasteiger partial charge on any atom is 0.252 e. The molecule has 1 N–H and O–H groups in total. The predicted molar refractivity (Wildman–Crippen MR) is 104 cm³/mol. The summed E-state index contributed by atoms with van der Waals surface area (Å²) in [5, 5.41) is 7.40. The van der Waals surface area contributed by atoms with Gasteiger partial charge in [0.05, 0.1) is 0 Å². The molecule has 0 aliphatic heterocycles. The minimum atomic E-state index is -0.526. The van der Waals surface area contributed by atoms with E-state index in [1.54, 1.807) is 6.92 Å². The SMILES string of the molecule is CCSCc1ccc(C(=O)NC2(c3noc(C)n3)CCCCCC2)cc1. The molecule has 1 fully saturated rings. The Morgan fingerprint density at radius 2 is 1.88 bits per heavy atom. The fourth-order valence-corrected chi connectivity index (χ4v) is 4.12. The summed E-state index contributed by atoms with van der Waals surface area (Å²) in [6.45, 7) is 3.94. The number of hydrogen-bond donors (Lipinski definition) is 1. The first-order valence-corrected chi connectivity index (χ1v) is 10.6. The lowest BCUT2D eigenvalue weighted by molar-refractivity contribution is 0.0876. The summed E-state index contributed by atoms with van der Waals surface area (Å²) in [5.74, 6) is 3.15. The van der Waals surface area contributed by atoms with E-state index in [1.165, 1.54) is 18.4 Å². The molecule has 140 valence electrons. The Bertz CT molecular complexity index is 719. The van der Waals surface area contributed by atoms with E-state index in [0.29, 0.717) is 17.3 Å². The van der Waals surface area contributed by atoms with Crippen molar-refractivity contribution in [1.82, 2.24) is 15.5 Å². The number of carbonyl (C=O) groups excluding carboxylic acids is 1. The summed E-state index contributed by atoms with van der Waals surface area (Å²) >= 11 is 1.88. The van der Waals surface area contributed by atoms with Crippen molar-refractivity contribution in [2.75, 3.05) is 5.75 Å². The van der Waals surface area contributed by atoms with E-state index in [9.17, 15) is 4.79 Å². The van der Waals surface area contributed by atoms with Crippen LogP contribution in [0.4, 0.5) is 0 Å². The highest BCUT2D eigenvalue weighted by Crippen LogP contribution is 2.35. The van der Waals surface area contributed by atoms with Crippen molar-refractivity contribution in [1.29, 1.82) is 0 Å². The molecule has 0 bridgehead atoms. The van der Waals surface area contributed by atoms with E-state index >= 15 is 0 Å². The number of thioether (sulfide) groups is 1. The third kappa shape index (κ3) is 4.47. The maximum atomic E-state index is 12.9. The Balaban J connectivity index is 1.79. The number of rotatable bonds is 6. The molecule has 2 aromatic rings. The van der Waals surface area contributed by atoms with Crippen LogP contribution in [0, 0.1) is 6.92 Å². The Morgan fingerprint density at radius 1 is 1.19 bits per heavy atom. The highest BCUT2D eigenvalue weighted by Gasteiger charge is 2.38. The van der Waals surface area contributed by atoms with Crippen molar-refractivity contribution in [2.45, 2.75) is 63.7 Å². The molecule has 1 aromatic carbocycles. The van der Waals surface area contributed by atoms with E-state index in [1.807, 2.05) is 36.0 Å². The molecule has 1 aromatic heterocycles. The molecule has 26 heavy (non-hydrogen) atoms. The first-order valence-electron chi connectivity index (χ1n) is 9.43. The van der Waals surface area contributed by atoms with Crippen LogP contribution in [0.2, 0.25) is 0 Å². The first kappa shape index (κ1) is 19.0. The minimum absolute atomic E-state index is 0.0657. The van der Waals surface area contributed by atoms with E-state index in [0.717, 1.165) is 37.2 Å². The van der Waals surface area contributed by atoms with Gasteiger partial charge in [0.1, 0.15) is 5.54 Å². The summed E-state index contributed by atoms with van der Waals surface area (Å²) in [6, 6.07) is 7.89. The molecular formula is C20H27N3O2S. The topological polar surface area (TPSA) is 68.0 Å². The van der Waals surface area contributed by atoms with Gasteiger partial charge in [0.2, 0.25) is 5.89 Å². The van der Waals surface area contributed by atoms with Crippen molar-refractivity contribution in [2.24, 2.45) is 0 Å². The number of hydrogen-bond acceptors (Lipinski definition) is 5. The molecule has 0 atom stereocenters. The fourth-order valence-electron chi connectivity index (χ4n) is 3.49. The fraction of sp³-hybridized carbons (Fsp3) is 0.550. The summed E-state index contributed by atoms with van der Waals surface area (Å²) in [5.41, 5.74) is 1.40. The Labute approximate surface area is 159 Å². The standard InChI is InChI=1S/C20H27N3O2S/c1-3-26-14-16-8-10-17(11-9-16)18(24)22-20(12-6-4-5-7-13-20)19-21-15(2)25-23-19/h8-11H,3-7,12-14H2,1-2H3,(H,22,24). The van der Waals surface area contributed by atoms with Gasteiger partial charge in [0.25, 0.3) is 5.91 Å². The Morgan fingerprint density at radius 3 is 2.46 bits per heavy atom. The third-order valence-electron chi connectivity index (χ3n) is 4.95. The van der Waals surface area contributed by atoms with Gasteiger partial charge in [-0.1, -0.05) is 49.9 Å². The van der Waals surface area contributed by atoms with Crippen molar-refractivity contribution < 1.29 is 9.32 Å². The van der Waals surface area contributed by atoms with Gasteiger partial charge in [0.15, 0.2) is 5.82 Å². The minimum Gasteiger partial charge on any atom is -0.340 e. The molecule has 5 nitrogen and oxygen atoms in total. The number of nitrogens with one attached hydrogen (secondary N) is 1. The van der Waals surface area contributed by atoms with Gasteiger partial charge in [-0.15, -0.1) is 0 Å². The number of aromatic nitrogens is 2. The zero-order valence-electron chi connectivity index (χ0n) is 15.6. The van der Waals surface area contributed by atoms with Gasteiger partial charge in [0, 0.05) is 18.2 Å². The molecule has 1 aliphatic carbocycles. The van der Waals surface area contributed by atoms with Crippen LogP contribution in [0.25, 0.3) is 0 Å². The van der Waals surface area contributed by atoms with Crippen molar-refractivity contribution in [3.8, 4) is 0 Å². The molecule has 0 saturated heterocycles. The summed E-state index contributed by atoms with van der Waals surface area (Å²) in [4.78, 5) is 17.4. The van der Waals surface area contributed by atoms with Crippen molar-refractivity contribution in [3.05, 3.63) is 47.1 Å². The quantitative estimate of drug-likeness (QED) is 0.749. The van der Waals surface area contributed by atoms with Crippen LogP contribution in [0.3, 0.4) is 0 Å². The molecule has 1 saturated carbocycles. The predicted octanol–water partition coefficient (Wildman–Crippen LogP) is 4.61. The molecule has 1 aliphatic rings. The van der Waals surface area contributed by atoms with Crippen LogP contribution < -0.4 is 5.32 Å². The number of nitrogens with zero attached hydrogens (tertiary/aromatic N) is 2. The van der Waals surface area contributed by atoms with Gasteiger partial charge >= 0.3 is 0 Å². The highest BCUT2D eigenvalue weighted by molar-refractivity contribution is 7.98. The van der Waals surface area contributed by atoms with Gasteiger partial charge in [-0.25, -0.2) is 0 Å². The van der Waals surface area contributed by atoms with Crippen LogP contribution in [-0.4, -0.2) is 21.8 Å². The molecule has 0 radical (unpaired) electrons. The van der Waals surface area contributed by atoms with Crippen molar-refractivity contribution in [3.63, 3.8) is 0 Å². The van der Waals surface area contributed by atoms with Gasteiger partial charge in [-0.2, -0.15) is 16.7 Å². The zero-order chi connectivity index (χ0) is 18.4. The van der Waals surface area contributed by atoms with Crippen molar-refractivity contribution >= 4 is 17.7 Å². The second kappa shape index (κ2) is 8.71. The molecule has 6 heteroatoms. The normalized spacial score (nSPS) is 16.8.